The van der Waals surface area contributed by atoms with Gasteiger partial charge in [-0.25, -0.2) is 0 Å². The summed E-state index contributed by atoms with van der Waals surface area (Å²) < 4.78 is 7.29. The predicted octanol–water partition coefficient (Wildman–Crippen LogP) is 2.37. The Balaban J connectivity index is 2.14. The lowest BCUT2D eigenvalue weighted by Crippen LogP contribution is -2.22. The van der Waals surface area contributed by atoms with Crippen LogP contribution in [0, 0.1) is 5.92 Å². The summed E-state index contributed by atoms with van der Waals surface area (Å²) >= 11 is 7.33. The molecule has 0 unspecified atom stereocenters. The van der Waals surface area contributed by atoms with Crippen molar-refractivity contribution in [2.45, 2.75) is 19.4 Å². The van der Waals surface area contributed by atoms with Gasteiger partial charge in [-0.05, 0) is 31.0 Å². The summed E-state index contributed by atoms with van der Waals surface area (Å²) in [6, 6.07) is 5.37. The van der Waals surface area contributed by atoms with E-state index in [0.717, 1.165) is 23.1 Å². The molecule has 0 N–H and O–H groups in total. The quantitative estimate of drug-likeness (QED) is 0.814. The van der Waals surface area contributed by atoms with Crippen LogP contribution >= 0.6 is 22.9 Å². The summed E-state index contributed by atoms with van der Waals surface area (Å²) in [5.41, 5.74) is 0.817. The van der Waals surface area contributed by atoms with Crippen molar-refractivity contribution in [2.75, 3.05) is 7.11 Å². The van der Waals surface area contributed by atoms with Gasteiger partial charge in [0.15, 0.2) is 4.80 Å². The van der Waals surface area contributed by atoms with Crippen molar-refractivity contribution in [3.63, 3.8) is 0 Å². The first-order chi connectivity index (χ1) is 10.1. The third-order valence-corrected chi connectivity index (χ3v) is 4.57. The number of nitrogens with zero attached hydrogens (tertiary/aromatic N) is 2. The number of halogens is 1. The minimum absolute atomic E-state index is 0.0227. The third kappa shape index (κ3) is 3.01. The van der Waals surface area contributed by atoms with Crippen LogP contribution in [0.4, 0.5) is 0 Å². The number of methoxy groups -OCH3 is 1. The average molecular weight is 325 g/mol. The Bertz CT molecular complexity index is 789. The van der Waals surface area contributed by atoms with Crippen LogP contribution in [-0.4, -0.2) is 23.6 Å². The van der Waals surface area contributed by atoms with E-state index in [2.05, 4.69) is 4.99 Å². The molecule has 1 heterocycles. The Labute approximate surface area is 129 Å². The van der Waals surface area contributed by atoms with Crippen LogP contribution in [0.2, 0.25) is 5.02 Å². The molecule has 0 atom stereocenters. The van der Waals surface area contributed by atoms with E-state index < -0.39 is 0 Å². The molecule has 1 aromatic carbocycles. The van der Waals surface area contributed by atoms with Crippen molar-refractivity contribution in [3.05, 3.63) is 28.0 Å². The molecule has 1 fully saturated rings. The maximum absolute atomic E-state index is 11.9. The number of carbonyl (C=O) groups is 2. The van der Waals surface area contributed by atoms with Gasteiger partial charge in [0, 0.05) is 10.9 Å². The van der Waals surface area contributed by atoms with E-state index in [4.69, 9.17) is 16.3 Å². The van der Waals surface area contributed by atoms with Crippen molar-refractivity contribution in [1.29, 1.82) is 0 Å². The number of ether oxygens (including phenoxy) is 1. The van der Waals surface area contributed by atoms with Crippen molar-refractivity contribution < 1.29 is 14.3 Å². The van der Waals surface area contributed by atoms with Gasteiger partial charge in [0.05, 0.1) is 17.3 Å². The van der Waals surface area contributed by atoms with E-state index in [-0.39, 0.29) is 24.3 Å². The largest absolute Gasteiger partial charge is 0.468 e. The molecule has 1 aliphatic rings. The first-order valence-electron chi connectivity index (χ1n) is 6.53. The summed E-state index contributed by atoms with van der Waals surface area (Å²) in [5.74, 6) is -0.457. The van der Waals surface area contributed by atoms with E-state index in [0.29, 0.717) is 9.82 Å². The summed E-state index contributed by atoms with van der Waals surface area (Å²) in [6.07, 6.45) is 1.80. The van der Waals surface area contributed by atoms with Crippen molar-refractivity contribution in [3.8, 4) is 0 Å². The number of carbonyl (C=O) groups excluding carboxylic acids is 2. The maximum Gasteiger partial charge on any atom is 0.325 e. The van der Waals surface area contributed by atoms with Gasteiger partial charge in [-0.3, -0.25) is 9.59 Å². The lowest BCUT2D eigenvalue weighted by molar-refractivity contribution is -0.141. The molecular weight excluding hydrogens is 312 g/mol. The van der Waals surface area contributed by atoms with Gasteiger partial charge in [-0.15, -0.1) is 0 Å². The molecule has 0 bridgehead atoms. The average Bonchev–Trinajstić information content (AvgIpc) is 3.25. The molecule has 0 saturated heterocycles. The van der Waals surface area contributed by atoms with Crippen LogP contribution < -0.4 is 4.80 Å². The normalized spacial score (nSPS) is 15.4. The van der Waals surface area contributed by atoms with Crippen LogP contribution in [0.1, 0.15) is 12.8 Å². The van der Waals surface area contributed by atoms with E-state index in [1.807, 2.05) is 6.07 Å². The number of aromatic nitrogens is 1. The number of benzene rings is 1. The van der Waals surface area contributed by atoms with Gasteiger partial charge in [-0.2, -0.15) is 4.99 Å². The first-order valence-corrected chi connectivity index (χ1v) is 7.72. The molecule has 3 rings (SSSR count). The van der Waals surface area contributed by atoms with Crippen LogP contribution in [-0.2, 0) is 20.9 Å². The van der Waals surface area contributed by atoms with Gasteiger partial charge < -0.3 is 9.30 Å². The molecule has 110 valence electrons. The Kier molecular flexibility index (Phi) is 3.82. The zero-order valence-electron chi connectivity index (χ0n) is 11.3. The number of thiazole rings is 1. The Morgan fingerprint density at radius 1 is 1.48 bits per heavy atom. The van der Waals surface area contributed by atoms with Gasteiger partial charge >= 0.3 is 5.97 Å². The Morgan fingerprint density at radius 2 is 2.24 bits per heavy atom. The van der Waals surface area contributed by atoms with Gasteiger partial charge in [-0.1, -0.05) is 22.9 Å². The second kappa shape index (κ2) is 5.61. The first kappa shape index (κ1) is 14.3. The Morgan fingerprint density at radius 3 is 2.90 bits per heavy atom. The molecule has 1 aromatic heterocycles. The van der Waals surface area contributed by atoms with E-state index in [1.54, 1.807) is 16.7 Å². The minimum atomic E-state index is -0.384. The van der Waals surface area contributed by atoms with Crippen molar-refractivity contribution >= 4 is 45.0 Å². The van der Waals surface area contributed by atoms with Crippen LogP contribution in [0.3, 0.4) is 0 Å². The predicted molar refractivity (Wildman–Crippen MR) is 80.1 cm³/mol. The van der Waals surface area contributed by atoms with Crippen LogP contribution in [0.25, 0.3) is 10.2 Å². The lowest BCUT2D eigenvalue weighted by atomic mass is 10.3. The molecule has 21 heavy (non-hydrogen) atoms. The Hall–Kier alpha value is -1.66. The van der Waals surface area contributed by atoms with E-state index >= 15 is 0 Å². The highest BCUT2D eigenvalue weighted by molar-refractivity contribution is 7.16. The standard InChI is InChI=1S/C14H13ClN2O3S/c1-20-12(18)7-17-10-5-4-9(15)6-11(10)21-14(17)16-13(19)8-2-3-8/h4-6,8H,2-3,7H2,1H3. The van der Waals surface area contributed by atoms with Crippen molar-refractivity contribution in [1.82, 2.24) is 4.57 Å². The minimum Gasteiger partial charge on any atom is -0.468 e. The molecule has 1 amide bonds. The topological polar surface area (TPSA) is 60.7 Å². The molecular formula is C14H13ClN2O3S. The summed E-state index contributed by atoms with van der Waals surface area (Å²) in [7, 11) is 1.33. The molecule has 1 aliphatic carbocycles. The third-order valence-electron chi connectivity index (χ3n) is 3.29. The fraction of sp³-hybridized carbons (Fsp3) is 0.357. The number of rotatable bonds is 3. The van der Waals surface area contributed by atoms with Gasteiger partial charge in [0.25, 0.3) is 5.91 Å². The SMILES string of the molecule is COC(=O)Cn1c(=NC(=O)C2CC2)sc2cc(Cl)ccc21. The lowest BCUT2D eigenvalue weighted by Gasteiger charge is -2.03. The summed E-state index contributed by atoms with van der Waals surface area (Å²) in [6.45, 7) is 0.0227. The number of esters is 1. The number of amides is 1. The highest BCUT2D eigenvalue weighted by atomic mass is 35.5. The van der Waals surface area contributed by atoms with Crippen LogP contribution in [0.15, 0.2) is 23.2 Å². The molecule has 5 nitrogen and oxygen atoms in total. The fourth-order valence-electron chi connectivity index (χ4n) is 1.99. The highest BCUT2D eigenvalue weighted by Gasteiger charge is 2.29. The van der Waals surface area contributed by atoms with Crippen LogP contribution in [0.5, 0.6) is 0 Å². The second-order valence-electron chi connectivity index (χ2n) is 4.88. The summed E-state index contributed by atoms with van der Waals surface area (Å²) in [5, 5.41) is 0.606. The molecule has 0 radical (unpaired) electrons. The zero-order chi connectivity index (χ0) is 15.0. The highest BCUT2D eigenvalue weighted by Crippen LogP contribution is 2.30. The molecule has 2 aromatic rings. The molecule has 0 spiro atoms. The van der Waals surface area contributed by atoms with Crippen molar-refractivity contribution in [2.24, 2.45) is 10.9 Å². The molecule has 7 heteroatoms. The smallest absolute Gasteiger partial charge is 0.325 e. The second-order valence-corrected chi connectivity index (χ2v) is 6.33. The monoisotopic (exact) mass is 324 g/mol. The summed E-state index contributed by atoms with van der Waals surface area (Å²) in [4.78, 5) is 28.2. The fourth-order valence-corrected chi connectivity index (χ4v) is 3.31. The zero-order valence-corrected chi connectivity index (χ0v) is 12.9. The number of hydrogen-bond donors (Lipinski definition) is 0. The maximum atomic E-state index is 11.9. The number of fused-ring (bicyclic) bond motifs is 1. The van der Waals surface area contributed by atoms with E-state index in [9.17, 15) is 9.59 Å². The molecule has 0 aliphatic heterocycles. The number of hydrogen-bond acceptors (Lipinski definition) is 4. The van der Waals surface area contributed by atoms with E-state index in [1.165, 1.54) is 18.4 Å². The van der Waals surface area contributed by atoms with Gasteiger partial charge in [0.1, 0.15) is 6.54 Å². The molecule has 1 saturated carbocycles. The van der Waals surface area contributed by atoms with Gasteiger partial charge in [0.2, 0.25) is 0 Å².